The van der Waals surface area contributed by atoms with Crippen LogP contribution in [0.4, 0.5) is 0 Å². The molecule has 1 aromatic heterocycles. The molecule has 1 aromatic rings. The molecule has 0 spiro atoms. The largest absolute Gasteiger partial charge is 0.349 e. The molecule has 1 saturated heterocycles. The van der Waals surface area contributed by atoms with E-state index >= 15 is 0 Å². The number of carbonyl (C=O) groups excluding carboxylic acids is 2. The minimum Gasteiger partial charge on any atom is -0.349 e. The Labute approximate surface area is 122 Å². The van der Waals surface area contributed by atoms with Crippen molar-refractivity contribution in [3.63, 3.8) is 0 Å². The van der Waals surface area contributed by atoms with Gasteiger partial charge in [0.15, 0.2) is 0 Å². The van der Waals surface area contributed by atoms with Gasteiger partial charge in [0, 0.05) is 25.1 Å². The number of hydrogen-bond donors (Lipinski definition) is 2. The third-order valence-electron chi connectivity index (χ3n) is 3.71. The molecule has 3 rings (SSSR count). The second-order valence-corrected chi connectivity index (χ2v) is 5.17. The van der Waals surface area contributed by atoms with Gasteiger partial charge in [0.25, 0.3) is 5.91 Å². The minimum absolute atomic E-state index is 0.0437. The lowest BCUT2D eigenvalue weighted by atomic mass is 9.85. The summed E-state index contributed by atoms with van der Waals surface area (Å²) in [5.74, 6) is 0.220. The molecule has 2 amide bonds. The van der Waals surface area contributed by atoms with Gasteiger partial charge in [-0.1, -0.05) is 18.2 Å². The van der Waals surface area contributed by atoms with Crippen LogP contribution < -0.4 is 10.6 Å². The number of carbonyl (C=O) groups is 2. The molecule has 108 valence electrons. The molecule has 6 heteroatoms. The van der Waals surface area contributed by atoms with Crippen LogP contribution in [0.3, 0.4) is 0 Å². The molecular formula is C15H16N4O2. The molecule has 2 atom stereocenters. The van der Waals surface area contributed by atoms with Crippen LogP contribution in [0.25, 0.3) is 0 Å². The maximum Gasteiger partial charge on any atom is 0.270 e. The highest BCUT2D eigenvalue weighted by molar-refractivity contribution is 5.92. The van der Waals surface area contributed by atoms with Gasteiger partial charge in [-0.05, 0) is 18.1 Å². The molecule has 0 radical (unpaired) electrons. The summed E-state index contributed by atoms with van der Waals surface area (Å²) >= 11 is 0. The van der Waals surface area contributed by atoms with Crippen molar-refractivity contribution >= 4 is 11.8 Å². The second-order valence-electron chi connectivity index (χ2n) is 5.17. The van der Waals surface area contributed by atoms with Crippen molar-refractivity contribution < 1.29 is 9.59 Å². The Hall–Kier alpha value is -2.50. The van der Waals surface area contributed by atoms with Gasteiger partial charge in [0.2, 0.25) is 5.91 Å². The Balaban J connectivity index is 1.60. The number of rotatable bonds is 3. The monoisotopic (exact) mass is 284 g/mol. The zero-order valence-corrected chi connectivity index (χ0v) is 11.5. The summed E-state index contributed by atoms with van der Waals surface area (Å²) in [6.45, 7) is 0.415. The van der Waals surface area contributed by atoms with Gasteiger partial charge in [-0.15, -0.1) is 0 Å². The number of nitrogens with zero attached hydrogens (tertiary/aromatic N) is 2. The third kappa shape index (κ3) is 3.16. The van der Waals surface area contributed by atoms with E-state index in [2.05, 4.69) is 26.7 Å². The highest BCUT2D eigenvalue weighted by Crippen LogP contribution is 2.24. The fraction of sp³-hybridized carbons (Fsp3) is 0.333. The van der Waals surface area contributed by atoms with Gasteiger partial charge < -0.3 is 10.6 Å². The smallest absolute Gasteiger partial charge is 0.270 e. The van der Waals surface area contributed by atoms with Crippen LogP contribution in [-0.4, -0.2) is 34.4 Å². The van der Waals surface area contributed by atoms with E-state index in [0.717, 1.165) is 12.0 Å². The van der Waals surface area contributed by atoms with Crippen molar-refractivity contribution in [2.24, 2.45) is 5.92 Å². The topological polar surface area (TPSA) is 84.0 Å². The number of aromatic nitrogens is 2. The van der Waals surface area contributed by atoms with E-state index in [9.17, 15) is 9.59 Å². The molecule has 1 fully saturated rings. The summed E-state index contributed by atoms with van der Waals surface area (Å²) in [7, 11) is 0. The number of piperidine rings is 1. The van der Waals surface area contributed by atoms with E-state index in [4.69, 9.17) is 0 Å². The van der Waals surface area contributed by atoms with Crippen LogP contribution in [-0.2, 0) is 4.79 Å². The normalized spacial score (nSPS) is 23.8. The number of nitrogens with one attached hydrogen (secondary N) is 2. The van der Waals surface area contributed by atoms with Crippen LogP contribution >= 0.6 is 0 Å². The van der Waals surface area contributed by atoms with E-state index in [1.54, 1.807) is 6.07 Å². The molecule has 6 nitrogen and oxygen atoms in total. The Kier molecular flexibility index (Phi) is 3.77. The Morgan fingerprint density at radius 3 is 3.19 bits per heavy atom. The maximum atomic E-state index is 11.9. The SMILES string of the molecule is O=C1CCC2C=CC(CNC(=O)c3ccncn3)=CC2N1. The summed E-state index contributed by atoms with van der Waals surface area (Å²) in [6, 6.07) is 1.61. The fourth-order valence-corrected chi connectivity index (χ4v) is 2.57. The molecule has 0 bridgehead atoms. The first-order valence-electron chi connectivity index (χ1n) is 6.95. The predicted molar refractivity (Wildman–Crippen MR) is 76.2 cm³/mol. The van der Waals surface area contributed by atoms with E-state index in [0.29, 0.717) is 24.6 Å². The zero-order valence-electron chi connectivity index (χ0n) is 11.5. The van der Waals surface area contributed by atoms with Crippen LogP contribution in [0.15, 0.2) is 42.4 Å². The fourth-order valence-electron chi connectivity index (χ4n) is 2.57. The van der Waals surface area contributed by atoms with Gasteiger partial charge >= 0.3 is 0 Å². The van der Waals surface area contributed by atoms with Gasteiger partial charge in [0.05, 0.1) is 6.04 Å². The van der Waals surface area contributed by atoms with Crippen LogP contribution in [0, 0.1) is 5.92 Å². The van der Waals surface area contributed by atoms with E-state index < -0.39 is 0 Å². The van der Waals surface area contributed by atoms with Crippen molar-refractivity contribution in [2.75, 3.05) is 6.54 Å². The maximum absolute atomic E-state index is 11.9. The van der Waals surface area contributed by atoms with Gasteiger partial charge in [0.1, 0.15) is 12.0 Å². The molecule has 2 aliphatic rings. The molecule has 1 aliphatic heterocycles. The van der Waals surface area contributed by atoms with E-state index in [-0.39, 0.29) is 17.9 Å². The van der Waals surface area contributed by atoms with Crippen LogP contribution in [0.2, 0.25) is 0 Å². The molecule has 0 aromatic carbocycles. The first-order valence-corrected chi connectivity index (χ1v) is 6.95. The van der Waals surface area contributed by atoms with E-state index in [1.807, 2.05) is 12.2 Å². The molecule has 2 heterocycles. The van der Waals surface area contributed by atoms with Crippen LogP contribution in [0.5, 0.6) is 0 Å². The quantitative estimate of drug-likeness (QED) is 0.851. The summed E-state index contributed by atoms with van der Waals surface area (Å²) in [6.07, 6.45) is 10.5. The second kappa shape index (κ2) is 5.87. The summed E-state index contributed by atoms with van der Waals surface area (Å²) in [5.41, 5.74) is 1.33. The lowest BCUT2D eigenvalue weighted by molar-refractivity contribution is -0.123. The first-order chi connectivity index (χ1) is 10.2. The predicted octanol–water partition coefficient (Wildman–Crippen LogP) is 0.597. The first kappa shape index (κ1) is 13.5. The van der Waals surface area contributed by atoms with Crippen molar-refractivity contribution in [2.45, 2.75) is 18.9 Å². The van der Waals surface area contributed by atoms with Gasteiger partial charge in [-0.25, -0.2) is 9.97 Å². The lowest BCUT2D eigenvalue weighted by Crippen LogP contribution is -2.44. The Morgan fingerprint density at radius 1 is 1.48 bits per heavy atom. The average molecular weight is 284 g/mol. The van der Waals surface area contributed by atoms with Gasteiger partial charge in [-0.2, -0.15) is 0 Å². The molecule has 1 aliphatic carbocycles. The number of fused-ring (bicyclic) bond motifs is 1. The van der Waals surface area contributed by atoms with Crippen molar-refractivity contribution in [3.8, 4) is 0 Å². The molecular weight excluding hydrogens is 268 g/mol. The molecule has 0 saturated carbocycles. The molecule has 2 unspecified atom stereocenters. The molecule has 2 N–H and O–H groups in total. The summed E-state index contributed by atoms with van der Waals surface area (Å²) in [5, 5.41) is 5.78. The zero-order chi connectivity index (χ0) is 14.7. The van der Waals surface area contributed by atoms with Gasteiger partial charge in [-0.3, -0.25) is 9.59 Å². The number of amides is 2. The Bertz CT molecular complexity index is 609. The molecule has 21 heavy (non-hydrogen) atoms. The van der Waals surface area contributed by atoms with E-state index in [1.165, 1.54) is 12.5 Å². The average Bonchev–Trinajstić information content (AvgIpc) is 2.53. The van der Waals surface area contributed by atoms with Crippen molar-refractivity contribution in [1.29, 1.82) is 0 Å². The summed E-state index contributed by atoms with van der Waals surface area (Å²) in [4.78, 5) is 31.0. The van der Waals surface area contributed by atoms with Crippen molar-refractivity contribution in [1.82, 2.24) is 20.6 Å². The standard InChI is InChI=1S/C15H16N4O2/c20-14-4-3-11-2-1-10(7-13(11)19-14)8-17-15(21)12-5-6-16-9-18-12/h1-2,5-7,9,11,13H,3-4,8H2,(H,17,21)(H,19,20). The minimum atomic E-state index is -0.235. The lowest BCUT2D eigenvalue weighted by Gasteiger charge is -2.31. The highest BCUT2D eigenvalue weighted by atomic mass is 16.2. The summed E-state index contributed by atoms with van der Waals surface area (Å²) < 4.78 is 0. The van der Waals surface area contributed by atoms with Crippen molar-refractivity contribution in [3.05, 3.63) is 48.1 Å². The third-order valence-corrected chi connectivity index (χ3v) is 3.71. The highest BCUT2D eigenvalue weighted by Gasteiger charge is 2.27. The van der Waals surface area contributed by atoms with Crippen LogP contribution in [0.1, 0.15) is 23.3 Å². The number of hydrogen-bond acceptors (Lipinski definition) is 4. The Morgan fingerprint density at radius 2 is 2.38 bits per heavy atom.